The van der Waals surface area contributed by atoms with E-state index in [1.807, 2.05) is 6.92 Å². The van der Waals surface area contributed by atoms with E-state index in [4.69, 9.17) is 0 Å². The molecule has 0 aromatic heterocycles. The Hall–Kier alpha value is -1.49. The summed E-state index contributed by atoms with van der Waals surface area (Å²) in [4.78, 5) is 23.6. The van der Waals surface area contributed by atoms with E-state index in [1.165, 1.54) is 18.9 Å². The summed E-state index contributed by atoms with van der Waals surface area (Å²) < 4.78 is 4.64. The summed E-state index contributed by atoms with van der Waals surface area (Å²) in [6, 6.07) is 5.10. The Kier molecular flexibility index (Phi) is 2.87. The van der Waals surface area contributed by atoms with Crippen molar-refractivity contribution >= 4 is 29.3 Å². The van der Waals surface area contributed by atoms with Gasteiger partial charge in [-0.05, 0) is 25.1 Å². The predicted octanol–water partition coefficient (Wildman–Crippen LogP) is 1.91. The third-order valence-electron chi connectivity index (χ3n) is 2.33. The van der Waals surface area contributed by atoms with Gasteiger partial charge >= 0.3 is 5.97 Å². The predicted molar refractivity (Wildman–Crippen MR) is 61.7 cm³/mol. The Morgan fingerprint density at radius 2 is 2.25 bits per heavy atom. The molecule has 1 amide bonds. The molecule has 0 saturated heterocycles. The van der Waals surface area contributed by atoms with Gasteiger partial charge in [-0.25, -0.2) is 4.79 Å². The molecule has 0 spiro atoms. The molecular weight excluding hydrogens is 226 g/mol. The van der Waals surface area contributed by atoms with Gasteiger partial charge in [0.1, 0.15) is 0 Å². The number of thioether (sulfide) groups is 1. The van der Waals surface area contributed by atoms with E-state index >= 15 is 0 Å². The molecule has 0 fully saturated rings. The molecule has 0 aliphatic carbocycles. The van der Waals surface area contributed by atoms with E-state index in [2.05, 4.69) is 10.1 Å². The number of ether oxygens (including phenoxy) is 1. The minimum atomic E-state index is -0.368. The van der Waals surface area contributed by atoms with Gasteiger partial charge in [0.15, 0.2) is 0 Å². The van der Waals surface area contributed by atoms with Gasteiger partial charge in [0.05, 0.1) is 23.6 Å². The lowest BCUT2D eigenvalue weighted by Crippen LogP contribution is -2.26. The first kappa shape index (κ1) is 11.0. The first-order valence-electron chi connectivity index (χ1n) is 4.81. The molecule has 4 nitrogen and oxygen atoms in total. The maximum atomic E-state index is 11.4. The molecule has 0 saturated carbocycles. The maximum Gasteiger partial charge on any atom is 0.337 e. The Balaban J connectivity index is 2.36. The second kappa shape index (κ2) is 4.17. The highest BCUT2D eigenvalue weighted by molar-refractivity contribution is 8.00. The molecule has 1 unspecified atom stereocenters. The molecule has 1 heterocycles. The van der Waals surface area contributed by atoms with E-state index < -0.39 is 0 Å². The van der Waals surface area contributed by atoms with Crippen LogP contribution in [0.1, 0.15) is 17.3 Å². The summed E-state index contributed by atoms with van der Waals surface area (Å²) in [5, 5.41) is 2.64. The van der Waals surface area contributed by atoms with E-state index in [1.54, 1.807) is 18.2 Å². The van der Waals surface area contributed by atoms with Crippen LogP contribution in [-0.4, -0.2) is 24.2 Å². The fraction of sp³-hybridized carbons (Fsp3) is 0.273. The molecule has 1 N–H and O–H groups in total. The van der Waals surface area contributed by atoms with Crippen LogP contribution < -0.4 is 5.32 Å². The largest absolute Gasteiger partial charge is 0.465 e. The maximum absolute atomic E-state index is 11.4. The Bertz CT molecular complexity index is 459. The lowest BCUT2D eigenvalue weighted by atomic mass is 10.2. The summed E-state index contributed by atoms with van der Waals surface area (Å²) in [6.07, 6.45) is 0. The summed E-state index contributed by atoms with van der Waals surface area (Å²) in [5.74, 6) is -0.378. The number of benzene rings is 1. The zero-order valence-electron chi connectivity index (χ0n) is 8.94. The number of esters is 1. The number of rotatable bonds is 1. The lowest BCUT2D eigenvalue weighted by molar-refractivity contribution is -0.115. The monoisotopic (exact) mass is 237 g/mol. The van der Waals surface area contributed by atoms with Crippen molar-refractivity contribution in [2.45, 2.75) is 17.1 Å². The van der Waals surface area contributed by atoms with Gasteiger partial charge in [-0.3, -0.25) is 4.79 Å². The second-order valence-corrected chi connectivity index (χ2v) is 4.83. The van der Waals surface area contributed by atoms with Gasteiger partial charge in [-0.2, -0.15) is 0 Å². The molecule has 16 heavy (non-hydrogen) atoms. The second-order valence-electron chi connectivity index (χ2n) is 3.45. The van der Waals surface area contributed by atoms with Crippen LogP contribution in [-0.2, 0) is 9.53 Å². The number of fused-ring (bicyclic) bond motifs is 1. The molecule has 0 bridgehead atoms. The van der Waals surface area contributed by atoms with Gasteiger partial charge in [0.2, 0.25) is 5.91 Å². The Labute approximate surface area is 97.4 Å². The van der Waals surface area contributed by atoms with Crippen LogP contribution >= 0.6 is 11.8 Å². The summed E-state index contributed by atoms with van der Waals surface area (Å²) >= 11 is 1.44. The van der Waals surface area contributed by atoms with Crippen molar-refractivity contribution in [3.05, 3.63) is 23.8 Å². The standard InChI is InChI=1S/C11H11NO3S/c1-6-10(13)12-8-4-3-7(11(14)15-2)5-9(8)16-6/h3-6H,1-2H3,(H,12,13). The van der Waals surface area contributed by atoms with E-state index in [0.717, 1.165) is 10.6 Å². The van der Waals surface area contributed by atoms with Crippen molar-refractivity contribution in [1.82, 2.24) is 0 Å². The quantitative estimate of drug-likeness (QED) is 0.758. The number of anilines is 1. The van der Waals surface area contributed by atoms with Crippen molar-refractivity contribution in [2.75, 3.05) is 12.4 Å². The molecule has 2 rings (SSSR count). The average Bonchev–Trinajstić information content (AvgIpc) is 2.29. The molecule has 84 valence electrons. The topological polar surface area (TPSA) is 55.4 Å². The van der Waals surface area contributed by atoms with Crippen molar-refractivity contribution in [3.8, 4) is 0 Å². The van der Waals surface area contributed by atoms with Gasteiger partial charge in [0.25, 0.3) is 0 Å². The number of carbonyl (C=O) groups is 2. The summed E-state index contributed by atoms with van der Waals surface area (Å²) in [6.45, 7) is 1.83. The minimum absolute atomic E-state index is 0.0108. The third kappa shape index (κ3) is 1.90. The molecular formula is C11H11NO3S. The van der Waals surface area contributed by atoms with Crippen LogP contribution in [0.15, 0.2) is 23.1 Å². The van der Waals surface area contributed by atoms with E-state index in [-0.39, 0.29) is 17.1 Å². The van der Waals surface area contributed by atoms with Gasteiger partial charge in [-0.15, -0.1) is 11.8 Å². The van der Waals surface area contributed by atoms with Crippen molar-refractivity contribution < 1.29 is 14.3 Å². The fourth-order valence-electron chi connectivity index (χ4n) is 1.45. The molecule has 1 aromatic rings. The van der Waals surface area contributed by atoms with Crippen LogP contribution in [0.3, 0.4) is 0 Å². The Morgan fingerprint density at radius 3 is 2.94 bits per heavy atom. The fourth-order valence-corrected chi connectivity index (χ4v) is 2.43. The number of methoxy groups -OCH3 is 1. The van der Waals surface area contributed by atoms with Crippen molar-refractivity contribution in [2.24, 2.45) is 0 Å². The molecule has 1 aliphatic heterocycles. The van der Waals surface area contributed by atoms with Crippen LogP contribution in [0.25, 0.3) is 0 Å². The highest BCUT2D eigenvalue weighted by atomic mass is 32.2. The highest BCUT2D eigenvalue weighted by Crippen LogP contribution is 2.36. The lowest BCUT2D eigenvalue weighted by Gasteiger charge is -2.21. The highest BCUT2D eigenvalue weighted by Gasteiger charge is 2.23. The van der Waals surface area contributed by atoms with Crippen molar-refractivity contribution in [1.29, 1.82) is 0 Å². The molecule has 1 aliphatic rings. The Morgan fingerprint density at radius 1 is 1.50 bits per heavy atom. The first-order valence-corrected chi connectivity index (χ1v) is 5.69. The molecule has 1 aromatic carbocycles. The third-order valence-corrected chi connectivity index (χ3v) is 3.49. The SMILES string of the molecule is COC(=O)c1ccc2c(c1)SC(C)C(=O)N2. The molecule has 5 heteroatoms. The van der Waals surface area contributed by atoms with E-state index in [9.17, 15) is 9.59 Å². The van der Waals surface area contributed by atoms with Gasteiger partial charge in [-0.1, -0.05) is 0 Å². The first-order chi connectivity index (χ1) is 7.61. The van der Waals surface area contributed by atoms with Crippen LogP contribution in [0.2, 0.25) is 0 Å². The number of hydrogen-bond acceptors (Lipinski definition) is 4. The summed E-state index contributed by atoms with van der Waals surface area (Å²) in [5.41, 5.74) is 1.25. The number of carbonyl (C=O) groups excluding carboxylic acids is 2. The minimum Gasteiger partial charge on any atom is -0.465 e. The zero-order chi connectivity index (χ0) is 11.7. The molecule has 1 atom stereocenters. The normalized spacial score (nSPS) is 18.6. The van der Waals surface area contributed by atoms with Gasteiger partial charge in [0, 0.05) is 4.90 Å². The number of hydrogen-bond donors (Lipinski definition) is 1. The van der Waals surface area contributed by atoms with Crippen LogP contribution in [0.4, 0.5) is 5.69 Å². The zero-order valence-corrected chi connectivity index (χ0v) is 9.76. The van der Waals surface area contributed by atoms with Crippen LogP contribution in [0.5, 0.6) is 0 Å². The smallest absolute Gasteiger partial charge is 0.337 e. The van der Waals surface area contributed by atoms with Crippen molar-refractivity contribution in [3.63, 3.8) is 0 Å². The van der Waals surface area contributed by atoms with E-state index in [0.29, 0.717) is 5.56 Å². The number of nitrogens with one attached hydrogen (secondary N) is 1. The number of amides is 1. The average molecular weight is 237 g/mol. The van der Waals surface area contributed by atoms with Crippen LogP contribution in [0, 0.1) is 0 Å². The van der Waals surface area contributed by atoms with Gasteiger partial charge < -0.3 is 10.1 Å². The summed E-state index contributed by atoms with van der Waals surface area (Å²) in [7, 11) is 1.35. The molecule has 0 radical (unpaired) electrons.